The van der Waals surface area contributed by atoms with Gasteiger partial charge in [-0.2, -0.15) is 0 Å². The topological polar surface area (TPSA) is 20.2 Å². The molecule has 0 aliphatic heterocycles. The van der Waals surface area contributed by atoms with Crippen LogP contribution in [0.2, 0.25) is 0 Å². The molecular weight excluding hydrogens is 172 g/mol. The van der Waals surface area contributed by atoms with Crippen LogP contribution in [0.1, 0.15) is 59.3 Å². The van der Waals surface area contributed by atoms with Crippen molar-refractivity contribution >= 4 is 0 Å². The Balaban J connectivity index is 2.38. The van der Waals surface area contributed by atoms with Crippen molar-refractivity contribution in [2.24, 2.45) is 17.8 Å². The molecule has 1 rings (SSSR count). The Labute approximate surface area is 88.9 Å². The Hall–Kier alpha value is -0.0400. The Bertz CT molecular complexity index is 155. The molecule has 0 radical (unpaired) electrons. The molecular formula is C13H26O. The van der Waals surface area contributed by atoms with Crippen molar-refractivity contribution < 1.29 is 5.11 Å². The molecule has 4 unspecified atom stereocenters. The van der Waals surface area contributed by atoms with E-state index in [1.54, 1.807) is 0 Å². The summed E-state index contributed by atoms with van der Waals surface area (Å²) < 4.78 is 0. The molecule has 0 aromatic carbocycles. The van der Waals surface area contributed by atoms with Crippen LogP contribution < -0.4 is 0 Å². The van der Waals surface area contributed by atoms with Crippen LogP contribution in [0, 0.1) is 17.8 Å². The lowest BCUT2D eigenvalue weighted by Crippen LogP contribution is -2.31. The van der Waals surface area contributed by atoms with E-state index in [4.69, 9.17) is 0 Å². The van der Waals surface area contributed by atoms with Gasteiger partial charge < -0.3 is 5.11 Å². The van der Waals surface area contributed by atoms with E-state index >= 15 is 0 Å². The first-order chi connectivity index (χ1) is 6.65. The van der Waals surface area contributed by atoms with Gasteiger partial charge in [-0.05, 0) is 37.0 Å². The fourth-order valence-corrected chi connectivity index (χ4v) is 2.88. The van der Waals surface area contributed by atoms with E-state index in [0.29, 0.717) is 11.8 Å². The lowest BCUT2D eigenvalue weighted by atomic mass is 9.76. The maximum Gasteiger partial charge on any atom is 0.0594 e. The number of aliphatic hydroxyl groups excluding tert-OH is 1. The highest BCUT2D eigenvalue weighted by Crippen LogP contribution is 2.33. The Kier molecular flexibility index (Phi) is 4.94. The Morgan fingerprint density at radius 2 is 2.07 bits per heavy atom. The lowest BCUT2D eigenvalue weighted by molar-refractivity contribution is 0.0270. The molecule has 84 valence electrons. The van der Waals surface area contributed by atoms with Crippen LogP contribution in [0.15, 0.2) is 0 Å². The third-order valence-corrected chi connectivity index (χ3v) is 3.79. The van der Waals surface area contributed by atoms with Gasteiger partial charge in [-0.3, -0.25) is 0 Å². The van der Waals surface area contributed by atoms with E-state index in [-0.39, 0.29) is 6.10 Å². The van der Waals surface area contributed by atoms with Gasteiger partial charge in [0.25, 0.3) is 0 Å². The summed E-state index contributed by atoms with van der Waals surface area (Å²) in [5.74, 6) is 1.91. The lowest BCUT2D eigenvalue weighted by Gasteiger charge is -2.33. The highest BCUT2D eigenvalue weighted by atomic mass is 16.3. The average Bonchev–Trinajstić information content (AvgIpc) is 2.17. The molecule has 1 fully saturated rings. The van der Waals surface area contributed by atoms with Crippen LogP contribution in [0.4, 0.5) is 0 Å². The summed E-state index contributed by atoms with van der Waals surface area (Å²) in [7, 11) is 0. The van der Waals surface area contributed by atoms with Crippen LogP contribution in [-0.2, 0) is 0 Å². The maximum absolute atomic E-state index is 10.2. The van der Waals surface area contributed by atoms with Gasteiger partial charge in [0.1, 0.15) is 0 Å². The van der Waals surface area contributed by atoms with Gasteiger partial charge in [0, 0.05) is 0 Å². The summed E-state index contributed by atoms with van der Waals surface area (Å²) in [5.41, 5.74) is 0. The van der Waals surface area contributed by atoms with Gasteiger partial charge in [-0.1, -0.05) is 40.0 Å². The molecule has 0 aromatic rings. The predicted molar refractivity (Wildman–Crippen MR) is 61.2 cm³/mol. The first kappa shape index (κ1) is 12.0. The molecule has 1 N–H and O–H groups in total. The van der Waals surface area contributed by atoms with Crippen molar-refractivity contribution in [1.29, 1.82) is 0 Å². The van der Waals surface area contributed by atoms with E-state index in [2.05, 4.69) is 20.8 Å². The van der Waals surface area contributed by atoms with E-state index in [9.17, 15) is 5.11 Å². The van der Waals surface area contributed by atoms with E-state index < -0.39 is 0 Å². The molecule has 0 aromatic heterocycles. The van der Waals surface area contributed by atoms with Gasteiger partial charge in [0.15, 0.2) is 0 Å². The SMILES string of the molecule is CCCC(C)C(O)C1CCCC(C)C1. The zero-order chi connectivity index (χ0) is 10.6. The third-order valence-electron chi connectivity index (χ3n) is 3.79. The smallest absolute Gasteiger partial charge is 0.0594 e. The maximum atomic E-state index is 10.2. The summed E-state index contributed by atoms with van der Waals surface area (Å²) in [6.07, 6.45) is 7.51. The summed E-state index contributed by atoms with van der Waals surface area (Å²) in [6, 6.07) is 0. The Morgan fingerprint density at radius 3 is 2.64 bits per heavy atom. The summed E-state index contributed by atoms with van der Waals surface area (Å²) >= 11 is 0. The van der Waals surface area contributed by atoms with Gasteiger partial charge in [0.2, 0.25) is 0 Å². The second kappa shape index (κ2) is 5.75. The van der Waals surface area contributed by atoms with Crippen molar-refractivity contribution in [3.8, 4) is 0 Å². The predicted octanol–water partition coefficient (Wildman–Crippen LogP) is 3.61. The molecule has 1 saturated carbocycles. The number of rotatable bonds is 4. The number of hydrogen-bond donors (Lipinski definition) is 1. The van der Waals surface area contributed by atoms with Crippen molar-refractivity contribution in [3.63, 3.8) is 0 Å². The van der Waals surface area contributed by atoms with Crippen molar-refractivity contribution in [3.05, 3.63) is 0 Å². The summed E-state index contributed by atoms with van der Waals surface area (Å²) in [5, 5.41) is 10.2. The van der Waals surface area contributed by atoms with Gasteiger partial charge in [0.05, 0.1) is 6.10 Å². The van der Waals surface area contributed by atoms with Gasteiger partial charge in [-0.25, -0.2) is 0 Å². The molecule has 1 aliphatic rings. The molecule has 1 aliphatic carbocycles. The van der Waals surface area contributed by atoms with E-state index in [1.807, 2.05) is 0 Å². The molecule has 0 heterocycles. The Morgan fingerprint density at radius 1 is 1.36 bits per heavy atom. The van der Waals surface area contributed by atoms with Crippen LogP contribution in [0.5, 0.6) is 0 Å². The van der Waals surface area contributed by atoms with E-state index in [0.717, 1.165) is 5.92 Å². The summed E-state index contributed by atoms with van der Waals surface area (Å²) in [6.45, 7) is 6.73. The largest absolute Gasteiger partial charge is 0.393 e. The van der Waals surface area contributed by atoms with E-state index in [1.165, 1.54) is 38.5 Å². The quantitative estimate of drug-likeness (QED) is 0.731. The van der Waals surface area contributed by atoms with Crippen LogP contribution in [-0.4, -0.2) is 11.2 Å². The fourth-order valence-electron chi connectivity index (χ4n) is 2.88. The average molecular weight is 198 g/mol. The van der Waals surface area contributed by atoms with Crippen molar-refractivity contribution in [2.45, 2.75) is 65.4 Å². The molecule has 14 heavy (non-hydrogen) atoms. The minimum Gasteiger partial charge on any atom is -0.393 e. The zero-order valence-corrected chi connectivity index (χ0v) is 10.00. The van der Waals surface area contributed by atoms with Crippen molar-refractivity contribution in [1.82, 2.24) is 0 Å². The highest BCUT2D eigenvalue weighted by molar-refractivity contribution is 4.79. The number of aliphatic hydroxyl groups is 1. The molecule has 0 saturated heterocycles. The molecule has 1 nitrogen and oxygen atoms in total. The molecule has 1 heteroatoms. The molecule has 0 bridgehead atoms. The normalized spacial score (nSPS) is 32.6. The minimum absolute atomic E-state index is 0.0438. The van der Waals surface area contributed by atoms with Gasteiger partial charge >= 0.3 is 0 Å². The zero-order valence-electron chi connectivity index (χ0n) is 10.00. The molecule has 0 spiro atoms. The molecule has 4 atom stereocenters. The van der Waals surface area contributed by atoms with Crippen LogP contribution >= 0.6 is 0 Å². The third kappa shape index (κ3) is 3.27. The first-order valence-electron chi connectivity index (χ1n) is 6.33. The first-order valence-corrected chi connectivity index (χ1v) is 6.33. The standard InChI is InChI=1S/C13H26O/c1-4-6-11(3)13(14)12-8-5-7-10(2)9-12/h10-14H,4-9H2,1-3H3. The second-order valence-corrected chi connectivity index (χ2v) is 5.29. The summed E-state index contributed by atoms with van der Waals surface area (Å²) in [4.78, 5) is 0. The van der Waals surface area contributed by atoms with Crippen molar-refractivity contribution in [2.75, 3.05) is 0 Å². The van der Waals surface area contributed by atoms with Gasteiger partial charge in [-0.15, -0.1) is 0 Å². The van der Waals surface area contributed by atoms with Crippen LogP contribution in [0.3, 0.4) is 0 Å². The highest BCUT2D eigenvalue weighted by Gasteiger charge is 2.28. The molecule has 0 amide bonds. The monoisotopic (exact) mass is 198 g/mol. The number of hydrogen-bond acceptors (Lipinski definition) is 1. The minimum atomic E-state index is -0.0438. The second-order valence-electron chi connectivity index (χ2n) is 5.29. The fraction of sp³-hybridized carbons (Fsp3) is 1.00. The van der Waals surface area contributed by atoms with Crippen LogP contribution in [0.25, 0.3) is 0 Å².